The fourth-order valence-corrected chi connectivity index (χ4v) is 4.19. The van der Waals surface area contributed by atoms with Crippen LogP contribution in [0.25, 0.3) is 0 Å². The molecule has 0 aliphatic heterocycles. The number of sulfonamides is 1. The highest BCUT2D eigenvalue weighted by Gasteiger charge is 2.18. The lowest BCUT2D eigenvalue weighted by Gasteiger charge is -2.11. The van der Waals surface area contributed by atoms with E-state index in [-0.39, 0.29) is 18.9 Å². The second-order valence-electron chi connectivity index (χ2n) is 4.04. The molecule has 102 valence electrons. The molecule has 0 saturated carbocycles. The Hall–Kier alpha value is -0.670. The first-order chi connectivity index (χ1) is 7.52. The summed E-state index contributed by atoms with van der Waals surface area (Å²) < 4.78 is 46.3. The van der Waals surface area contributed by atoms with Crippen molar-refractivity contribution in [2.24, 2.45) is 5.92 Å². The Morgan fingerprint density at radius 1 is 1.29 bits per heavy atom. The van der Waals surface area contributed by atoms with Gasteiger partial charge < -0.3 is 5.11 Å². The van der Waals surface area contributed by atoms with Crippen LogP contribution >= 0.6 is 0 Å². The lowest BCUT2D eigenvalue weighted by atomic mass is 10.1. The number of sulfone groups is 1. The van der Waals surface area contributed by atoms with Crippen LogP contribution in [0, 0.1) is 5.92 Å². The third-order valence-corrected chi connectivity index (χ3v) is 5.43. The number of carbonyl (C=O) groups is 1. The second-order valence-corrected chi connectivity index (χ2v) is 8.36. The molecule has 0 radical (unpaired) electrons. The van der Waals surface area contributed by atoms with Gasteiger partial charge in [-0.3, -0.25) is 4.79 Å². The molecule has 17 heavy (non-hydrogen) atoms. The van der Waals surface area contributed by atoms with E-state index in [9.17, 15) is 21.6 Å². The van der Waals surface area contributed by atoms with Gasteiger partial charge in [0, 0.05) is 19.2 Å². The number of nitrogens with one attached hydrogen (secondary N) is 1. The van der Waals surface area contributed by atoms with Crippen molar-refractivity contribution < 1.29 is 26.7 Å². The van der Waals surface area contributed by atoms with Gasteiger partial charge in [-0.2, -0.15) is 0 Å². The van der Waals surface area contributed by atoms with E-state index >= 15 is 0 Å². The maximum Gasteiger partial charge on any atom is 0.303 e. The molecule has 2 N–H and O–H groups in total. The van der Waals surface area contributed by atoms with E-state index in [1.54, 1.807) is 6.92 Å². The van der Waals surface area contributed by atoms with Crippen molar-refractivity contribution in [3.05, 3.63) is 0 Å². The summed E-state index contributed by atoms with van der Waals surface area (Å²) in [6.07, 6.45) is 1.12. The summed E-state index contributed by atoms with van der Waals surface area (Å²) >= 11 is 0. The molecule has 0 spiro atoms. The highest BCUT2D eigenvalue weighted by molar-refractivity contribution is 8.06. The second kappa shape index (κ2) is 6.31. The summed E-state index contributed by atoms with van der Waals surface area (Å²) in [6, 6.07) is 0. The average molecular weight is 287 g/mol. The lowest BCUT2D eigenvalue weighted by molar-refractivity contribution is -0.137. The van der Waals surface area contributed by atoms with Crippen molar-refractivity contribution >= 4 is 25.8 Å². The largest absolute Gasteiger partial charge is 0.481 e. The van der Waals surface area contributed by atoms with Gasteiger partial charge in [-0.1, -0.05) is 6.92 Å². The zero-order valence-electron chi connectivity index (χ0n) is 9.71. The first-order valence-corrected chi connectivity index (χ1v) is 8.60. The molecule has 0 heterocycles. The number of carboxylic acid groups (broad SMARTS) is 1. The molecule has 0 aromatic rings. The maximum absolute atomic E-state index is 11.3. The van der Waals surface area contributed by atoms with Gasteiger partial charge in [0.2, 0.25) is 10.0 Å². The van der Waals surface area contributed by atoms with E-state index in [1.165, 1.54) is 0 Å². The van der Waals surface area contributed by atoms with Crippen LogP contribution in [0.5, 0.6) is 0 Å². The first-order valence-electron chi connectivity index (χ1n) is 4.89. The maximum atomic E-state index is 11.3. The highest BCUT2D eigenvalue weighted by atomic mass is 32.3. The van der Waals surface area contributed by atoms with Crippen LogP contribution in [0.3, 0.4) is 0 Å². The third kappa shape index (κ3) is 10.2. The Morgan fingerprint density at radius 2 is 1.82 bits per heavy atom. The predicted octanol–water partition coefficient (Wildman–Crippen LogP) is -0.591. The number of hydrogen-bond acceptors (Lipinski definition) is 5. The topological polar surface area (TPSA) is 118 Å². The van der Waals surface area contributed by atoms with E-state index < -0.39 is 30.9 Å². The van der Waals surface area contributed by atoms with E-state index in [0.29, 0.717) is 6.42 Å². The van der Waals surface area contributed by atoms with Crippen molar-refractivity contribution in [3.8, 4) is 0 Å². The van der Waals surface area contributed by atoms with Gasteiger partial charge in [-0.15, -0.1) is 0 Å². The molecule has 0 aromatic carbocycles. The molecule has 0 saturated heterocycles. The van der Waals surface area contributed by atoms with Gasteiger partial charge in [0.15, 0.2) is 14.9 Å². The SMILES string of the molecule is CC(CCC(=O)O)CNS(=O)(=O)CS(C)(=O)=O. The Labute approximate surface area is 101 Å². The lowest BCUT2D eigenvalue weighted by Crippen LogP contribution is -2.33. The Kier molecular flexibility index (Phi) is 6.06. The van der Waals surface area contributed by atoms with Gasteiger partial charge in [-0.05, 0) is 12.3 Å². The molecule has 0 aliphatic carbocycles. The molecule has 0 bridgehead atoms. The molecule has 1 atom stereocenters. The number of hydrogen-bond donors (Lipinski definition) is 2. The van der Waals surface area contributed by atoms with E-state index in [4.69, 9.17) is 5.11 Å². The van der Waals surface area contributed by atoms with Crippen LogP contribution < -0.4 is 4.72 Å². The zero-order valence-corrected chi connectivity index (χ0v) is 11.3. The monoisotopic (exact) mass is 287 g/mol. The van der Waals surface area contributed by atoms with Gasteiger partial charge in [0.05, 0.1) is 0 Å². The summed E-state index contributed by atoms with van der Waals surface area (Å²) in [5.74, 6) is -1.11. The number of carboxylic acids is 1. The van der Waals surface area contributed by atoms with Crippen LogP contribution in [0.15, 0.2) is 0 Å². The van der Waals surface area contributed by atoms with E-state index in [0.717, 1.165) is 6.26 Å². The molecule has 0 aliphatic rings. The van der Waals surface area contributed by atoms with Gasteiger partial charge >= 0.3 is 5.97 Å². The minimum absolute atomic E-state index is 0.0329. The van der Waals surface area contributed by atoms with E-state index in [1.807, 2.05) is 0 Å². The summed E-state index contributed by atoms with van der Waals surface area (Å²) in [4.78, 5) is 10.3. The summed E-state index contributed by atoms with van der Waals surface area (Å²) in [5.41, 5.74) is 0. The minimum Gasteiger partial charge on any atom is -0.481 e. The third-order valence-electron chi connectivity index (χ3n) is 1.87. The normalized spacial score (nSPS) is 14.5. The van der Waals surface area contributed by atoms with Crippen molar-refractivity contribution in [2.45, 2.75) is 19.8 Å². The van der Waals surface area contributed by atoms with Crippen LogP contribution in [-0.4, -0.2) is 45.8 Å². The van der Waals surface area contributed by atoms with Gasteiger partial charge in [0.1, 0.15) is 0 Å². The summed E-state index contributed by atoms with van der Waals surface area (Å²) in [5, 5.41) is 7.47. The molecule has 9 heteroatoms. The zero-order chi connectivity index (χ0) is 13.7. The fourth-order valence-electron chi connectivity index (χ4n) is 1.06. The average Bonchev–Trinajstić information content (AvgIpc) is 2.07. The summed E-state index contributed by atoms with van der Waals surface area (Å²) in [7, 11) is -7.46. The standard InChI is InChI=1S/C8H17NO6S2/c1-7(3-4-8(10)11)5-9-17(14,15)6-16(2,12)13/h7,9H,3-6H2,1-2H3,(H,10,11). The van der Waals surface area contributed by atoms with Crippen LogP contribution in [-0.2, 0) is 24.7 Å². The molecule has 1 unspecified atom stereocenters. The number of aliphatic carboxylic acids is 1. The first kappa shape index (κ1) is 16.3. The minimum atomic E-state index is -3.86. The van der Waals surface area contributed by atoms with Crippen molar-refractivity contribution in [3.63, 3.8) is 0 Å². The molecule has 0 fully saturated rings. The number of rotatable bonds is 8. The van der Waals surface area contributed by atoms with E-state index in [2.05, 4.69) is 4.72 Å². The van der Waals surface area contributed by atoms with Crippen LogP contribution in [0.1, 0.15) is 19.8 Å². The van der Waals surface area contributed by atoms with Crippen molar-refractivity contribution in [1.29, 1.82) is 0 Å². The smallest absolute Gasteiger partial charge is 0.303 e. The molecular formula is C8H17NO6S2. The van der Waals surface area contributed by atoms with Crippen molar-refractivity contribution in [2.75, 3.05) is 17.9 Å². The molecule has 7 nitrogen and oxygen atoms in total. The Balaban J connectivity index is 4.15. The molecule has 0 aromatic heterocycles. The molecule has 0 rings (SSSR count). The summed E-state index contributed by atoms with van der Waals surface area (Å²) in [6.45, 7) is 1.72. The van der Waals surface area contributed by atoms with Gasteiger partial charge in [-0.25, -0.2) is 21.6 Å². The molecule has 0 amide bonds. The van der Waals surface area contributed by atoms with Crippen LogP contribution in [0.2, 0.25) is 0 Å². The predicted molar refractivity (Wildman–Crippen MR) is 62.7 cm³/mol. The highest BCUT2D eigenvalue weighted by Crippen LogP contribution is 2.05. The van der Waals surface area contributed by atoms with Gasteiger partial charge in [0.25, 0.3) is 0 Å². The Bertz CT molecular complexity index is 452. The Morgan fingerprint density at radius 3 is 2.24 bits per heavy atom. The fraction of sp³-hybridized carbons (Fsp3) is 0.875. The molecular weight excluding hydrogens is 270 g/mol. The quantitative estimate of drug-likeness (QED) is 0.616. The van der Waals surface area contributed by atoms with Crippen LogP contribution in [0.4, 0.5) is 0 Å². The van der Waals surface area contributed by atoms with Crippen molar-refractivity contribution in [1.82, 2.24) is 4.72 Å².